The van der Waals surface area contributed by atoms with E-state index in [1.54, 1.807) is 0 Å². The molecule has 3 nitrogen and oxygen atoms in total. The second-order valence-electron chi connectivity index (χ2n) is 7.13. The van der Waals surface area contributed by atoms with Gasteiger partial charge >= 0.3 is 0 Å². The minimum absolute atomic E-state index is 0.958. The van der Waals surface area contributed by atoms with Crippen LogP contribution in [0.2, 0.25) is 0 Å². The van der Waals surface area contributed by atoms with Crippen molar-refractivity contribution in [1.82, 2.24) is 14.4 Å². The van der Waals surface area contributed by atoms with Crippen molar-refractivity contribution in [2.75, 3.05) is 0 Å². The molecule has 0 saturated carbocycles. The van der Waals surface area contributed by atoms with Gasteiger partial charge in [0.05, 0.1) is 11.0 Å². The van der Waals surface area contributed by atoms with E-state index in [2.05, 4.69) is 65.1 Å². The lowest BCUT2D eigenvalue weighted by atomic mass is 10.0. The Morgan fingerprint density at radius 3 is 2.50 bits per heavy atom. The summed E-state index contributed by atoms with van der Waals surface area (Å²) >= 11 is 1.85. The van der Waals surface area contributed by atoms with Crippen molar-refractivity contribution in [3.05, 3.63) is 79.0 Å². The zero-order valence-corrected chi connectivity index (χ0v) is 15.6. The van der Waals surface area contributed by atoms with Gasteiger partial charge in [-0.3, -0.25) is 4.40 Å². The smallest absolute Gasteiger partial charge is 0.147 e. The van der Waals surface area contributed by atoms with Gasteiger partial charge in [0.1, 0.15) is 11.3 Å². The largest absolute Gasteiger partial charge is 0.276 e. The summed E-state index contributed by atoms with van der Waals surface area (Å²) in [6, 6.07) is 25.7. The highest BCUT2D eigenvalue weighted by atomic mass is 32.1. The van der Waals surface area contributed by atoms with E-state index in [0.717, 1.165) is 27.7 Å². The normalized spacial score (nSPS) is 12.3. The third-order valence-electron chi connectivity index (χ3n) is 5.61. The first kappa shape index (κ1) is 14.5. The Bertz CT molecular complexity index is 1720. The van der Waals surface area contributed by atoms with Crippen molar-refractivity contribution in [3.8, 4) is 0 Å². The molecule has 0 spiro atoms. The maximum atomic E-state index is 4.99. The average molecular weight is 375 g/mol. The summed E-state index contributed by atoms with van der Waals surface area (Å²) < 4.78 is 4.83. The molecule has 4 heterocycles. The summed E-state index contributed by atoms with van der Waals surface area (Å²) in [7, 11) is 0. The van der Waals surface area contributed by atoms with Gasteiger partial charge in [0.15, 0.2) is 0 Å². The fourth-order valence-electron chi connectivity index (χ4n) is 4.39. The molecule has 0 amide bonds. The van der Waals surface area contributed by atoms with Crippen molar-refractivity contribution in [3.63, 3.8) is 0 Å². The molecule has 4 heteroatoms. The molecule has 0 atom stereocenters. The van der Waals surface area contributed by atoms with Crippen LogP contribution < -0.4 is 0 Å². The molecule has 0 bridgehead atoms. The summed E-state index contributed by atoms with van der Waals surface area (Å²) in [5.74, 6) is 0. The van der Waals surface area contributed by atoms with Crippen LogP contribution in [0.25, 0.3) is 58.7 Å². The topological polar surface area (TPSA) is 30.2 Å². The van der Waals surface area contributed by atoms with E-state index in [9.17, 15) is 0 Å². The molecule has 7 rings (SSSR count). The Labute approximate surface area is 163 Å². The number of thiophene rings is 1. The molecule has 130 valence electrons. The average Bonchev–Trinajstić information content (AvgIpc) is 3.31. The zero-order chi connectivity index (χ0) is 18.2. The number of rotatable bonds is 0. The molecule has 0 aliphatic rings. The van der Waals surface area contributed by atoms with Crippen molar-refractivity contribution in [2.24, 2.45) is 0 Å². The fourth-order valence-corrected chi connectivity index (χ4v) is 5.51. The van der Waals surface area contributed by atoms with E-state index in [-0.39, 0.29) is 0 Å². The minimum Gasteiger partial charge on any atom is -0.276 e. The zero-order valence-electron chi connectivity index (χ0n) is 14.8. The number of hydrogen-bond donors (Lipinski definition) is 0. The van der Waals surface area contributed by atoms with Gasteiger partial charge in [0, 0.05) is 37.1 Å². The predicted octanol–water partition coefficient (Wildman–Crippen LogP) is 6.56. The van der Waals surface area contributed by atoms with Crippen LogP contribution in [-0.4, -0.2) is 14.4 Å². The number of pyridine rings is 2. The van der Waals surface area contributed by atoms with Gasteiger partial charge < -0.3 is 0 Å². The van der Waals surface area contributed by atoms with E-state index in [1.165, 1.54) is 30.9 Å². The molecule has 0 aliphatic heterocycles. The molecule has 28 heavy (non-hydrogen) atoms. The first-order chi connectivity index (χ1) is 13.9. The van der Waals surface area contributed by atoms with Crippen molar-refractivity contribution in [1.29, 1.82) is 0 Å². The van der Waals surface area contributed by atoms with Crippen LogP contribution in [0.3, 0.4) is 0 Å². The van der Waals surface area contributed by atoms with E-state index >= 15 is 0 Å². The summed E-state index contributed by atoms with van der Waals surface area (Å²) in [6.45, 7) is 0. The highest BCUT2D eigenvalue weighted by Crippen LogP contribution is 2.39. The van der Waals surface area contributed by atoms with Gasteiger partial charge in [0.2, 0.25) is 0 Å². The number of nitrogens with zero attached hydrogens (tertiary/aromatic N) is 3. The Kier molecular flexibility index (Phi) is 2.63. The van der Waals surface area contributed by atoms with E-state index in [0.29, 0.717) is 0 Å². The van der Waals surface area contributed by atoms with Gasteiger partial charge in [-0.2, -0.15) is 0 Å². The Balaban J connectivity index is 1.84. The quantitative estimate of drug-likeness (QED) is 0.281. The van der Waals surface area contributed by atoms with Crippen LogP contribution in [0.15, 0.2) is 79.0 Å². The van der Waals surface area contributed by atoms with E-state index in [1.807, 2.05) is 29.7 Å². The highest BCUT2D eigenvalue weighted by Gasteiger charge is 2.16. The van der Waals surface area contributed by atoms with Crippen LogP contribution in [0.1, 0.15) is 0 Å². The molecule has 7 aromatic rings. The highest BCUT2D eigenvalue weighted by molar-refractivity contribution is 7.25. The fraction of sp³-hybridized carbons (Fsp3) is 0. The van der Waals surface area contributed by atoms with Gasteiger partial charge in [-0.05, 0) is 47.9 Å². The van der Waals surface area contributed by atoms with E-state index < -0.39 is 0 Å². The first-order valence-corrected chi connectivity index (χ1v) is 10.1. The summed E-state index contributed by atoms with van der Waals surface area (Å²) in [4.78, 5) is 9.72. The lowest BCUT2D eigenvalue weighted by Gasteiger charge is -2.08. The number of fused-ring (bicyclic) bond motifs is 11. The monoisotopic (exact) mass is 375 g/mol. The summed E-state index contributed by atoms with van der Waals surface area (Å²) in [5.41, 5.74) is 4.02. The molecule has 3 aromatic carbocycles. The molecule has 0 unspecified atom stereocenters. The molecule has 0 saturated heterocycles. The molecule has 0 N–H and O–H groups in total. The third kappa shape index (κ3) is 1.73. The maximum absolute atomic E-state index is 4.99. The van der Waals surface area contributed by atoms with Crippen LogP contribution in [0.4, 0.5) is 0 Å². The molecule has 0 aliphatic carbocycles. The van der Waals surface area contributed by atoms with Crippen LogP contribution in [0.5, 0.6) is 0 Å². The summed E-state index contributed by atoms with van der Waals surface area (Å²) in [6.07, 6.45) is 1.86. The lowest BCUT2D eigenvalue weighted by molar-refractivity contribution is 1.23. The SMILES string of the molecule is c1ccc2c(c1)nc1c3cc4c(cc3c3cccnc3n21)sc1ccccc14. The van der Waals surface area contributed by atoms with Crippen LogP contribution in [0, 0.1) is 0 Å². The second kappa shape index (κ2) is 5.06. The standard InChI is InChI=1S/C24H13N3S/c1-4-10-21-14(6-1)17-12-18-16(13-22(17)28-21)15-7-5-11-25-23(15)27-20-9-3-2-8-19(20)26-24(18)27/h1-13H. The molecule has 4 aromatic heterocycles. The van der Waals surface area contributed by atoms with Crippen molar-refractivity contribution in [2.45, 2.75) is 0 Å². The Hall–Kier alpha value is -3.50. The lowest BCUT2D eigenvalue weighted by Crippen LogP contribution is -1.93. The Morgan fingerprint density at radius 1 is 0.643 bits per heavy atom. The van der Waals surface area contributed by atoms with Crippen LogP contribution in [-0.2, 0) is 0 Å². The molecule has 0 fully saturated rings. The summed E-state index contributed by atoms with van der Waals surface area (Å²) in [5, 5.41) is 6.15. The van der Waals surface area contributed by atoms with Gasteiger partial charge in [0.25, 0.3) is 0 Å². The molecular formula is C24H13N3S. The number of imidazole rings is 1. The van der Waals surface area contributed by atoms with Crippen molar-refractivity contribution >= 4 is 70.0 Å². The number of benzene rings is 3. The molecule has 0 radical (unpaired) electrons. The van der Waals surface area contributed by atoms with Gasteiger partial charge in [-0.25, -0.2) is 9.97 Å². The minimum atomic E-state index is 0.958. The van der Waals surface area contributed by atoms with Gasteiger partial charge in [-0.1, -0.05) is 30.3 Å². The van der Waals surface area contributed by atoms with Crippen LogP contribution >= 0.6 is 11.3 Å². The van der Waals surface area contributed by atoms with E-state index in [4.69, 9.17) is 9.97 Å². The third-order valence-corrected chi connectivity index (χ3v) is 6.74. The number of para-hydroxylation sites is 2. The Morgan fingerprint density at radius 2 is 1.50 bits per heavy atom. The second-order valence-corrected chi connectivity index (χ2v) is 8.21. The van der Waals surface area contributed by atoms with Gasteiger partial charge in [-0.15, -0.1) is 11.3 Å². The molecular weight excluding hydrogens is 362 g/mol. The number of aromatic nitrogens is 3. The number of hydrogen-bond acceptors (Lipinski definition) is 3. The van der Waals surface area contributed by atoms with Crippen molar-refractivity contribution < 1.29 is 0 Å². The maximum Gasteiger partial charge on any atom is 0.147 e. The predicted molar refractivity (Wildman–Crippen MR) is 118 cm³/mol. The first-order valence-electron chi connectivity index (χ1n) is 9.27.